The lowest BCUT2D eigenvalue weighted by atomic mass is 9.77. The highest BCUT2D eigenvalue weighted by molar-refractivity contribution is 5.91. The van der Waals surface area contributed by atoms with E-state index in [-0.39, 0.29) is 31.3 Å². The Morgan fingerprint density at radius 2 is 2.21 bits per heavy atom. The van der Waals surface area contributed by atoms with Crippen LogP contribution in [0.1, 0.15) is 25.7 Å². The molecule has 7 heteroatoms. The number of hydrogen-bond acceptors (Lipinski definition) is 4. The van der Waals surface area contributed by atoms with Gasteiger partial charge in [-0.3, -0.25) is 9.59 Å². The first kappa shape index (κ1) is 13.8. The maximum atomic E-state index is 12.2. The van der Waals surface area contributed by atoms with E-state index >= 15 is 0 Å². The lowest BCUT2D eigenvalue weighted by Gasteiger charge is -2.42. The van der Waals surface area contributed by atoms with E-state index in [1.54, 1.807) is 7.11 Å². The summed E-state index contributed by atoms with van der Waals surface area (Å²) in [4.78, 5) is 35.8. The van der Waals surface area contributed by atoms with Crippen LogP contribution < -0.4 is 5.32 Å². The van der Waals surface area contributed by atoms with E-state index in [2.05, 4.69) is 5.32 Å². The SMILES string of the molecule is COC1(CC(=O)N2CC(=O)NCC2C(=O)O)CCC1. The number of carboxylic acid groups (broad SMARTS) is 1. The minimum absolute atomic E-state index is 0.0418. The molecule has 19 heavy (non-hydrogen) atoms. The van der Waals surface area contributed by atoms with Crippen molar-refractivity contribution in [2.45, 2.75) is 37.3 Å². The largest absolute Gasteiger partial charge is 0.480 e. The van der Waals surface area contributed by atoms with Gasteiger partial charge in [-0.25, -0.2) is 4.79 Å². The first-order valence-electron chi connectivity index (χ1n) is 6.31. The predicted molar refractivity (Wildman–Crippen MR) is 64.4 cm³/mol. The van der Waals surface area contributed by atoms with Crippen molar-refractivity contribution < 1.29 is 24.2 Å². The Balaban J connectivity index is 2.06. The van der Waals surface area contributed by atoms with Crippen molar-refractivity contribution in [1.82, 2.24) is 10.2 Å². The van der Waals surface area contributed by atoms with Gasteiger partial charge >= 0.3 is 5.97 Å². The molecular weight excluding hydrogens is 252 g/mol. The van der Waals surface area contributed by atoms with Crippen LogP contribution in [-0.4, -0.2) is 59.6 Å². The van der Waals surface area contributed by atoms with Gasteiger partial charge in [-0.1, -0.05) is 0 Å². The van der Waals surface area contributed by atoms with E-state index in [0.29, 0.717) is 0 Å². The molecule has 1 unspecified atom stereocenters. The molecule has 1 saturated carbocycles. The van der Waals surface area contributed by atoms with Crippen LogP contribution in [0.3, 0.4) is 0 Å². The van der Waals surface area contributed by atoms with Gasteiger partial charge in [0.05, 0.1) is 12.0 Å². The van der Waals surface area contributed by atoms with E-state index in [1.807, 2.05) is 0 Å². The van der Waals surface area contributed by atoms with Gasteiger partial charge < -0.3 is 20.1 Å². The van der Waals surface area contributed by atoms with Gasteiger partial charge in [-0.2, -0.15) is 0 Å². The maximum Gasteiger partial charge on any atom is 0.328 e. The van der Waals surface area contributed by atoms with Gasteiger partial charge in [-0.15, -0.1) is 0 Å². The Kier molecular flexibility index (Phi) is 3.75. The van der Waals surface area contributed by atoms with E-state index in [4.69, 9.17) is 9.84 Å². The highest BCUT2D eigenvalue weighted by atomic mass is 16.5. The minimum atomic E-state index is -1.10. The smallest absolute Gasteiger partial charge is 0.328 e. The molecule has 2 aliphatic rings. The molecule has 0 spiro atoms. The van der Waals surface area contributed by atoms with Crippen molar-refractivity contribution in [3.05, 3.63) is 0 Å². The fraction of sp³-hybridized carbons (Fsp3) is 0.750. The molecule has 0 bridgehead atoms. The Morgan fingerprint density at radius 3 is 2.68 bits per heavy atom. The van der Waals surface area contributed by atoms with Gasteiger partial charge in [0.1, 0.15) is 12.6 Å². The number of piperazine rings is 1. The number of carbonyl (C=O) groups is 3. The number of amides is 2. The summed E-state index contributed by atoms with van der Waals surface area (Å²) in [5.74, 6) is -1.76. The van der Waals surface area contributed by atoms with Gasteiger partial charge in [-0.05, 0) is 19.3 Å². The molecule has 106 valence electrons. The van der Waals surface area contributed by atoms with Gasteiger partial charge in [0.2, 0.25) is 11.8 Å². The van der Waals surface area contributed by atoms with Crippen molar-refractivity contribution >= 4 is 17.8 Å². The molecule has 0 radical (unpaired) electrons. The number of aliphatic carboxylic acids is 1. The Hall–Kier alpha value is -1.63. The number of carboxylic acids is 1. The standard InChI is InChI=1S/C12H18N2O5/c1-19-12(3-2-4-12)5-10(16)14-7-9(15)13-6-8(14)11(17)18/h8H,2-7H2,1H3,(H,13,15)(H,17,18). The minimum Gasteiger partial charge on any atom is -0.480 e. The molecule has 0 aromatic heterocycles. The Morgan fingerprint density at radius 1 is 1.53 bits per heavy atom. The molecule has 2 amide bonds. The normalized spacial score (nSPS) is 25.4. The highest BCUT2D eigenvalue weighted by Crippen LogP contribution is 2.38. The maximum absolute atomic E-state index is 12.2. The number of ether oxygens (including phenoxy) is 1. The van der Waals surface area contributed by atoms with Gasteiger partial charge in [0, 0.05) is 13.7 Å². The third-order valence-corrected chi connectivity index (χ3v) is 3.96. The average molecular weight is 270 g/mol. The van der Waals surface area contributed by atoms with Crippen molar-refractivity contribution in [2.24, 2.45) is 0 Å². The van der Waals surface area contributed by atoms with Crippen LogP contribution in [0, 0.1) is 0 Å². The fourth-order valence-corrected chi connectivity index (χ4v) is 2.53. The van der Waals surface area contributed by atoms with E-state index in [1.165, 1.54) is 0 Å². The third kappa shape index (κ3) is 2.70. The van der Waals surface area contributed by atoms with Gasteiger partial charge in [0.25, 0.3) is 0 Å². The quantitative estimate of drug-likeness (QED) is 0.708. The summed E-state index contributed by atoms with van der Waals surface area (Å²) in [5.41, 5.74) is -0.464. The van der Waals surface area contributed by atoms with Crippen LogP contribution in [-0.2, 0) is 19.1 Å². The first-order valence-corrected chi connectivity index (χ1v) is 6.31. The molecule has 0 aromatic carbocycles. The molecule has 1 atom stereocenters. The second-order valence-corrected chi connectivity index (χ2v) is 5.10. The van der Waals surface area contributed by atoms with E-state index in [0.717, 1.165) is 24.2 Å². The number of methoxy groups -OCH3 is 1. The monoisotopic (exact) mass is 270 g/mol. The molecule has 0 aromatic rings. The predicted octanol–water partition coefficient (Wildman–Crippen LogP) is -0.643. The van der Waals surface area contributed by atoms with Crippen LogP contribution in [0.15, 0.2) is 0 Å². The molecule has 2 rings (SSSR count). The van der Waals surface area contributed by atoms with Crippen LogP contribution >= 0.6 is 0 Å². The second kappa shape index (κ2) is 5.16. The lowest BCUT2D eigenvalue weighted by molar-refractivity contribution is -0.159. The molecule has 2 N–H and O–H groups in total. The van der Waals surface area contributed by atoms with Crippen LogP contribution in [0.25, 0.3) is 0 Å². The van der Waals surface area contributed by atoms with Crippen LogP contribution in [0.4, 0.5) is 0 Å². The first-order chi connectivity index (χ1) is 8.97. The molecule has 2 fully saturated rings. The van der Waals surface area contributed by atoms with Crippen molar-refractivity contribution in [1.29, 1.82) is 0 Å². The summed E-state index contributed by atoms with van der Waals surface area (Å²) in [6.45, 7) is -0.241. The van der Waals surface area contributed by atoms with Crippen molar-refractivity contribution in [3.63, 3.8) is 0 Å². The van der Waals surface area contributed by atoms with Crippen LogP contribution in [0.5, 0.6) is 0 Å². The molecular formula is C12H18N2O5. The highest BCUT2D eigenvalue weighted by Gasteiger charge is 2.43. The van der Waals surface area contributed by atoms with Gasteiger partial charge in [0.15, 0.2) is 0 Å². The Labute approximate surface area is 110 Å². The average Bonchev–Trinajstić information content (AvgIpc) is 2.33. The van der Waals surface area contributed by atoms with Crippen LogP contribution in [0.2, 0.25) is 0 Å². The summed E-state index contributed by atoms with van der Waals surface area (Å²) in [6.07, 6.45) is 2.74. The van der Waals surface area contributed by atoms with Crippen molar-refractivity contribution in [2.75, 3.05) is 20.2 Å². The number of nitrogens with zero attached hydrogens (tertiary/aromatic N) is 1. The lowest BCUT2D eigenvalue weighted by Crippen LogP contribution is -2.60. The summed E-state index contributed by atoms with van der Waals surface area (Å²) in [7, 11) is 1.56. The summed E-state index contributed by atoms with van der Waals surface area (Å²) >= 11 is 0. The molecule has 1 aliphatic carbocycles. The number of nitrogens with one attached hydrogen (secondary N) is 1. The molecule has 1 saturated heterocycles. The molecule has 1 aliphatic heterocycles. The third-order valence-electron chi connectivity index (χ3n) is 3.96. The number of carbonyl (C=O) groups excluding carboxylic acids is 2. The summed E-state index contributed by atoms with van der Waals surface area (Å²) in [5, 5.41) is 11.6. The fourth-order valence-electron chi connectivity index (χ4n) is 2.53. The molecule has 7 nitrogen and oxygen atoms in total. The second-order valence-electron chi connectivity index (χ2n) is 5.10. The summed E-state index contributed by atoms with van der Waals surface area (Å²) in [6, 6.07) is -0.987. The summed E-state index contributed by atoms with van der Waals surface area (Å²) < 4.78 is 5.36. The van der Waals surface area contributed by atoms with E-state index < -0.39 is 17.6 Å². The zero-order chi connectivity index (χ0) is 14.0. The van der Waals surface area contributed by atoms with E-state index in [9.17, 15) is 14.4 Å². The number of hydrogen-bond donors (Lipinski definition) is 2. The zero-order valence-electron chi connectivity index (χ0n) is 10.8. The topological polar surface area (TPSA) is 95.9 Å². The number of rotatable bonds is 4. The Bertz CT molecular complexity index is 399. The molecule has 1 heterocycles. The zero-order valence-corrected chi connectivity index (χ0v) is 10.8. The van der Waals surface area contributed by atoms with Crippen molar-refractivity contribution in [3.8, 4) is 0 Å².